The zero-order valence-electron chi connectivity index (χ0n) is 47.3. The zero-order chi connectivity index (χ0) is 61.0. The molecular weight excluding hydrogens is 1110 g/mol. The quantitative estimate of drug-likeness (QED) is 0.0383. The number of H-pyrrole nitrogens is 4. The number of nitro groups is 1. The summed E-state index contributed by atoms with van der Waals surface area (Å²) < 4.78 is 13.1. The SMILES string of the molecule is C=C(Nc1ccc(F)cc1)c1n[nH]c2ccc(C(=O)N3CCCCC3)cc12.C=C(Nc1ccccc1)c1n[nH]c2ccc(C(=O)N3CCCCC3)cc12.C=C(Nc1ccccc1)c1n[nH]c2ccc(C(=O)O)cc12.Nc1n[nH]c2ccc([N+](=O)[O-])cc12. The Morgan fingerprint density at radius 2 is 0.862 bits per heavy atom. The van der Waals surface area contributed by atoms with E-state index in [4.69, 9.17) is 10.8 Å². The average molecular weight is 1170 g/mol. The van der Waals surface area contributed by atoms with Crippen LogP contribution in [0, 0.1) is 15.9 Å². The number of hydrogen-bond acceptors (Lipinski definition) is 13. The smallest absolute Gasteiger partial charge is 0.335 e. The molecular formula is C65H62FN15O6. The number of nitrogen functional groups attached to an aromatic ring is 1. The highest BCUT2D eigenvalue weighted by molar-refractivity contribution is 6.03. The first-order chi connectivity index (χ1) is 42.2. The topological polar surface area (TPSA) is 298 Å². The van der Waals surface area contributed by atoms with Crippen molar-refractivity contribution in [1.29, 1.82) is 0 Å². The van der Waals surface area contributed by atoms with Crippen molar-refractivity contribution in [3.63, 3.8) is 0 Å². The number of amides is 2. The maximum atomic E-state index is 13.1. The van der Waals surface area contributed by atoms with E-state index in [-0.39, 0.29) is 34.7 Å². The maximum absolute atomic E-state index is 13.1. The molecule has 2 saturated heterocycles. The molecule has 0 aliphatic carbocycles. The molecule has 7 aromatic carbocycles. The fourth-order valence-electron chi connectivity index (χ4n) is 10.1. The Kier molecular flexibility index (Phi) is 18.2. The van der Waals surface area contributed by atoms with Gasteiger partial charge in [-0.25, -0.2) is 9.18 Å². The number of para-hydroxylation sites is 2. The molecule has 6 heterocycles. The molecule has 0 spiro atoms. The monoisotopic (exact) mass is 1170 g/mol. The van der Waals surface area contributed by atoms with E-state index in [0.29, 0.717) is 50.5 Å². The van der Waals surface area contributed by atoms with E-state index in [9.17, 15) is 28.9 Å². The van der Waals surface area contributed by atoms with Gasteiger partial charge in [-0.2, -0.15) is 20.4 Å². The van der Waals surface area contributed by atoms with Gasteiger partial charge in [0.1, 0.15) is 22.9 Å². The molecule has 2 aliphatic rings. The lowest BCUT2D eigenvalue weighted by atomic mass is 10.1. The van der Waals surface area contributed by atoms with E-state index in [0.717, 1.165) is 107 Å². The number of nitrogens with two attached hydrogens (primary N) is 1. The van der Waals surface area contributed by atoms with Crippen LogP contribution in [-0.4, -0.2) is 105 Å². The van der Waals surface area contributed by atoms with Crippen molar-refractivity contribution < 1.29 is 28.8 Å². The van der Waals surface area contributed by atoms with Crippen LogP contribution in [0.1, 0.15) is 86.7 Å². The van der Waals surface area contributed by atoms with E-state index in [1.165, 1.54) is 37.1 Å². The number of fused-ring (bicyclic) bond motifs is 4. The number of hydrogen-bond donors (Lipinski definition) is 9. The number of carboxylic acids is 1. The number of carboxylic acid groups (broad SMARTS) is 1. The third kappa shape index (κ3) is 14.2. The first-order valence-corrected chi connectivity index (χ1v) is 28.1. The molecule has 0 atom stereocenters. The number of rotatable bonds is 13. The Bertz CT molecular complexity index is 4320. The van der Waals surface area contributed by atoms with Crippen LogP contribution in [0.5, 0.6) is 0 Å². The van der Waals surface area contributed by atoms with Gasteiger partial charge < -0.3 is 36.6 Å². The zero-order valence-corrected chi connectivity index (χ0v) is 47.3. The van der Waals surface area contributed by atoms with Crippen LogP contribution in [0.15, 0.2) is 177 Å². The molecule has 2 amide bonds. The van der Waals surface area contributed by atoms with Gasteiger partial charge in [0.25, 0.3) is 17.5 Å². The first-order valence-electron chi connectivity index (χ1n) is 28.1. The molecule has 2 aliphatic heterocycles. The number of benzene rings is 7. The second-order valence-electron chi connectivity index (χ2n) is 20.7. The van der Waals surface area contributed by atoms with Gasteiger partial charge in [0.05, 0.1) is 55.0 Å². The molecule has 0 saturated carbocycles. The van der Waals surface area contributed by atoms with Gasteiger partial charge in [-0.05, 0) is 148 Å². The van der Waals surface area contributed by atoms with Crippen molar-refractivity contribution in [2.75, 3.05) is 47.9 Å². The fourth-order valence-corrected chi connectivity index (χ4v) is 10.1. The first kappa shape index (κ1) is 58.8. The number of piperidine rings is 2. The van der Waals surface area contributed by atoms with E-state index in [2.05, 4.69) is 76.5 Å². The number of non-ortho nitro benzene ring substituents is 1. The standard InChI is InChI=1S/C21H21FN4O.C21H22N4O.C16H13N3O2.C7H6N4O2/c1-14(23-17-8-6-16(22)7-9-17)20-18-13-15(5-10-19(18)24-25-20)21(27)26-11-3-2-4-12-26;1-15(22-17-8-4-2-5-9-17)20-18-14-16(10-11-19(18)23-24-20)21(26)25-12-6-3-7-13-25;1-10(17-12-5-3-2-4-6-12)15-13-9-11(16(20)21)7-8-14(13)18-19-15;8-7-5-3-4(11(12)13)1-2-6(5)9-10-7/h5-10,13,23H,1-4,11-12H2,(H,24,25);2,4-5,8-11,14,22H,1,3,6-7,12-13H2,(H,23,24);2-9,17H,1H2,(H,18,19)(H,20,21);1-3H,(H3,8,9,10). The van der Waals surface area contributed by atoms with E-state index < -0.39 is 10.9 Å². The Morgan fingerprint density at radius 1 is 0.494 bits per heavy atom. The number of carbonyl (C=O) groups is 3. The molecule has 0 radical (unpaired) electrons. The molecule has 2 fully saturated rings. The van der Waals surface area contributed by atoms with Crippen molar-refractivity contribution in [1.82, 2.24) is 50.6 Å². The predicted octanol–water partition coefficient (Wildman–Crippen LogP) is 13.1. The highest BCUT2D eigenvalue weighted by atomic mass is 19.1. The molecule has 0 unspecified atom stereocenters. The van der Waals surface area contributed by atoms with E-state index in [1.807, 2.05) is 107 Å². The average Bonchev–Trinajstić information content (AvgIpc) is 2.30. The number of nitro benzene ring substituents is 1. The summed E-state index contributed by atoms with van der Waals surface area (Å²) in [6, 6.07) is 46.0. The summed E-state index contributed by atoms with van der Waals surface area (Å²) in [6.07, 6.45) is 6.68. The number of halogens is 1. The van der Waals surface area contributed by atoms with Gasteiger partial charge in [-0.1, -0.05) is 56.1 Å². The van der Waals surface area contributed by atoms with E-state index in [1.54, 1.807) is 36.4 Å². The summed E-state index contributed by atoms with van der Waals surface area (Å²) in [5, 5.41) is 60.3. The lowest BCUT2D eigenvalue weighted by Gasteiger charge is -2.26. The maximum Gasteiger partial charge on any atom is 0.335 e. The van der Waals surface area contributed by atoms with Crippen molar-refractivity contribution in [2.24, 2.45) is 0 Å². The van der Waals surface area contributed by atoms with Crippen LogP contribution in [0.25, 0.3) is 60.7 Å². The molecule has 10 N–H and O–H groups in total. The summed E-state index contributed by atoms with van der Waals surface area (Å²) in [5.74, 6) is -0.831. The molecule has 87 heavy (non-hydrogen) atoms. The van der Waals surface area contributed by atoms with Crippen molar-refractivity contribution in [3.05, 3.63) is 227 Å². The lowest BCUT2D eigenvalue weighted by Crippen LogP contribution is -2.35. The van der Waals surface area contributed by atoms with Crippen LogP contribution in [0.3, 0.4) is 0 Å². The largest absolute Gasteiger partial charge is 0.478 e. The van der Waals surface area contributed by atoms with Crippen LogP contribution in [0.4, 0.5) is 33.0 Å². The fraction of sp³-hybridized carbons (Fsp3) is 0.154. The Morgan fingerprint density at radius 3 is 1.28 bits per heavy atom. The van der Waals surface area contributed by atoms with Gasteiger partial charge >= 0.3 is 5.97 Å². The van der Waals surface area contributed by atoms with Gasteiger partial charge in [0.15, 0.2) is 5.82 Å². The summed E-state index contributed by atoms with van der Waals surface area (Å²) in [7, 11) is 0. The Labute approximate surface area is 498 Å². The molecule has 0 bridgehead atoms. The third-order valence-electron chi connectivity index (χ3n) is 14.6. The predicted molar refractivity (Wildman–Crippen MR) is 339 cm³/mol. The normalized spacial score (nSPS) is 12.8. The van der Waals surface area contributed by atoms with Gasteiger partial charge in [-0.3, -0.25) is 40.1 Å². The number of carbonyl (C=O) groups excluding carboxylic acids is 2. The number of likely N-dealkylation sites (tertiary alicyclic amines) is 2. The van der Waals surface area contributed by atoms with Crippen molar-refractivity contribution in [3.8, 4) is 0 Å². The number of nitrogens with zero attached hydrogens (tertiary/aromatic N) is 7. The van der Waals surface area contributed by atoms with Crippen molar-refractivity contribution >= 4 is 107 Å². The number of aromatic amines is 4. The second-order valence-corrected chi connectivity index (χ2v) is 20.7. The van der Waals surface area contributed by atoms with Gasteiger partial charge in [0, 0.05) is 82.7 Å². The summed E-state index contributed by atoms with van der Waals surface area (Å²) in [6.45, 7) is 15.5. The lowest BCUT2D eigenvalue weighted by molar-refractivity contribution is -0.384. The summed E-state index contributed by atoms with van der Waals surface area (Å²) >= 11 is 0. The molecule has 13 rings (SSSR count). The number of aromatic carboxylic acids is 1. The van der Waals surface area contributed by atoms with Gasteiger partial charge in [-0.15, -0.1) is 0 Å². The highest BCUT2D eigenvalue weighted by Crippen LogP contribution is 2.29. The van der Waals surface area contributed by atoms with Crippen LogP contribution < -0.4 is 21.7 Å². The number of nitrogens with one attached hydrogen (secondary N) is 7. The summed E-state index contributed by atoms with van der Waals surface area (Å²) in [5.41, 5.74) is 16.7. The molecule has 11 aromatic rings. The Balaban J connectivity index is 0.000000132. The van der Waals surface area contributed by atoms with Crippen LogP contribution in [-0.2, 0) is 0 Å². The molecule has 21 nitrogen and oxygen atoms in total. The van der Waals surface area contributed by atoms with Gasteiger partial charge in [0.2, 0.25) is 0 Å². The minimum Gasteiger partial charge on any atom is -0.478 e. The number of anilines is 4. The van der Waals surface area contributed by atoms with Crippen LogP contribution >= 0.6 is 0 Å². The minimum atomic E-state index is -0.967. The van der Waals surface area contributed by atoms with Crippen LogP contribution in [0.2, 0.25) is 0 Å². The third-order valence-corrected chi connectivity index (χ3v) is 14.6. The minimum absolute atomic E-state index is 0.0144. The second kappa shape index (κ2) is 26.9. The summed E-state index contributed by atoms with van der Waals surface area (Å²) in [4.78, 5) is 50.5. The Hall–Kier alpha value is -11.4. The van der Waals surface area contributed by atoms with Crippen molar-refractivity contribution in [2.45, 2.75) is 38.5 Å². The molecule has 4 aromatic heterocycles. The highest BCUT2D eigenvalue weighted by Gasteiger charge is 2.22. The van der Waals surface area contributed by atoms with E-state index >= 15 is 0 Å². The number of aromatic nitrogens is 8. The molecule has 440 valence electrons. The molecule has 22 heteroatoms.